The van der Waals surface area contributed by atoms with Gasteiger partial charge in [0.2, 0.25) is 11.9 Å². The van der Waals surface area contributed by atoms with Gasteiger partial charge in [-0.2, -0.15) is 8.78 Å². The molecule has 3 heterocycles. The molecule has 4 N–H and O–H groups in total. The lowest BCUT2D eigenvalue weighted by molar-refractivity contribution is 0.573. The Labute approximate surface area is 184 Å². The van der Waals surface area contributed by atoms with E-state index < -0.39 is 11.9 Å². The average molecular weight is 621 g/mol. The molecule has 0 unspecified atom stereocenters. The second kappa shape index (κ2) is 11.6. The molecule has 11 heteroatoms. The van der Waals surface area contributed by atoms with Gasteiger partial charge in [-0.3, -0.25) is 0 Å². The maximum absolute atomic E-state index is 12.4. The highest BCUT2D eigenvalue weighted by atomic mass is 127. The first-order valence-corrected chi connectivity index (χ1v) is 9.66. The van der Waals surface area contributed by atoms with Crippen LogP contribution in [0.2, 0.25) is 5.15 Å². The summed E-state index contributed by atoms with van der Waals surface area (Å²) in [5.74, 6) is -0.384. The molecular formula is C15H11Br2ClF2IN5. The molecule has 138 valence electrons. The van der Waals surface area contributed by atoms with E-state index in [1.807, 2.05) is 22.6 Å². The second-order valence-corrected chi connectivity index (χ2v) is 7.50. The number of nitrogens with zero attached hydrogens (tertiary/aromatic N) is 3. The van der Waals surface area contributed by atoms with Gasteiger partial charge in [-0.1, -0.05) is 17.7 Å². The predicted molar refractivity (Wildman–Crippen MR) is 115 cm³/mol. The van der Waals surface area contributed by atoms with Crippen LogP contribution >= 0.6 is 66.1 Å². The van der Waals surface area contributed by atoms with E-state index in [2.05, 4.69) is 46.8 Å². The maximum Gasteiger partial charge on any atom is 0.229 e. The molecule has 0 aliphatic heterocycles. The van der Waals surface area contributed by atoms with Gasteiger partial charge in [-0.05, 0) is 90.8 Å². The van der Waals surface area contributed by atoms with Crippen molar-refractivity contribution in [2.45, 2.75) is 0 Å². The molecule has 3 aromatic rings. The first kappa shape index (κ1) is 22.9. The number of anilines is 2. The van der Waals surface area contributed by atoms with Gasteiger partial charge in [-0.15, -0.1) is 0 Å². The third kappa shape index (κ3) is 9.01. The van der Waals surface area contributed by atoms with Crippen LogP contribution in [-0.4, -0.2) is 15.0 Å². The fraction of sp³-hybridized carbons (Fsp3) is 0. The van der Waals surface area contributed by atoms with E-state index in [1.54, 1.807) is 30.3 Å². The molecule has 0 radical (unpaired) electrons. The molecule has 26 heavy (non-hydrogen) atoms. The quantitative estimate of drug-likeness (QED) is 0.257. The zero-order valence-electron chi connectivity index (χ0n) is 12.8. The SMILES string of the molecule is Fc1nc(I)ccc1Br.Nc1ccc(Br)c(F)n1.Nc1cccc(Cl)n1. The molecule has 5 nitrogen and oxygen atoms in total. The van der Waals surface area contributed by atoms with E-state index >= 15 is 0 Å². The minimum absolute atomic E-state index is 0.190. The lowest BCUT2D eigenvalue weighted by Gasteiger charge is -1.92. The van der Waals surface area contributed by atoms with Crippen LogP contribution in [-0.2, 0) is 0 Å². The highest BCUT2D eigenvalue weighted by Gasteiger charge is 1.98. The molecule has 0 bridgehead atoms. The van der Waals surface area contributed by atoms with Gasteiger partial charge in [0.25, 0.3) is 0 Å². The van der Waals surface area contributed by atoms with E-state index in [1.165, 1.54) is 12.1 Å². The Morgan fingerprint density at radius 2 is 1.35 bits per heavy atom. The van der Waals surface area contributed by atoms with Crippen LogP contribution in [0, 0.1) is 15.6 Å². The number of aromatic nitrogens is 3. The van der Waals surface area contributed by atoms with Crippen LogP contribution in [0.5, 0.6) is 0 Å². The number of nitrogen functional groups attached to an aromatic ring is 2. The zero-order valence-corrected chi connectivity index (χ0v) is 18.9. The Morgan fingerprint density at radius 3 is 1.73 bits per heavy atom. The van der Waals surface area contributed by atoms with Crippen molar-refractivity contribution in [3.63, 3.8) is 0 Å². The summed E-state index contributed by atoms with van der Waals surface area (Å²) < 4.78 is 26.2. The van der Waals surface area contributed by atoms with Crippen LogP contribution in [0.25, 0.3) is 0 Å². The fourth-order valence-corrected chi connectivity index (χ4v) is 2.25. The summed E-state index contributed by atoms with van der Waals surface area (Å²) in [6, 6.07) is 11.5. The molecule has 0 aliphatic rings. The predicted octanol–water partition coefficient (Wildman–Crippen LogP) is 5.47. The van der Waals surface area contributed by atoms with Gasteiger partial charge in [0.05, 0.1) is 8.95 Å². The molecule has 0 aromatic carbocycles. The first-order chi connectivity index (χ1) is 12.2. The van der Waals surface area contributed by atoms with Crippen molar-refractivity contribution in [3.8, 4) is 0 Å². The minimum Gasteiger partial charge on any atom is -0.384 e. The Balaban J connectivity index is 0.000000195. The molecule has 0 spiro atoms. The largest absolute Gasteiger partial charge is 0.384 e. The number of pyridine rings is 3. The molecule has 0 aliphatic carbocycles. The highest BCUT2D eigenvalue weighted by Crippen LogP contribution is 2.14. The molecule has 0 fully saturated rings. The molecular weight excluding hydrogens is 610 g/mol. The Bertz CT molecular complexity index is 806. The van der Waals surface area contributed by atoms with Crippen molar-refractivity contribution in [2.75, 3.05) is 11.5 Å². The van der Waals surface area contributed by atoms with Crippen LogP contribution in [0.15, 0.2) is 51.4 Å². The maximum atomic E-state index is 12.4. The van der Waals surface area contributed by atoms with Crippen LogP contribution in [0.3, 0.4) is 0 Å². The Morgan fingerprint density at radius 1 is 0.808 bits per heavy atom. The molecule has 0 atom stereocenters. The monoisotopic (exact) mass is 619 g/mol. The summed E-state index contributed by atoms with van der Waals surface area (Å²) in [4.78, 5) is 10.6. The molecule has 3 aromatic heterocycles. The molecule has 0 saturated carbocycles. The van der Waals surface area contributed by atoms with Crippen molar-refractivity contribution in [3.05, 3.63) is 72.2 Å². The van der Waals surface area contributed by atoms with Crippen LogP contribution in [0.1, 0.15) is 0 Å². The van der Waals surface area contributed by atoms with Gasteiger partial charge in [-0.25, -0.2) is 15.0 Å². The number of hydrogen-bond donors (Lipinski definition) is 2. The van der Waals surface area contributed by atoms with E-state index in [0.717, 1.165) is 0 Å². The van der Waals surface area contributed by atoms with E-state index in [4.69, 9.17) is 23.1 Å². The van der Waals surface area contributed by atoms with Crippen LogP contribution in [0.4, 0.5) is 20.4 Å². The molecule has 0 saturated heterocycles. The van der Waals surface area contributed by atoms with Crippen molar-refractivity contribution < 1.29 is 8.78 Å². The molecule has 0 amide bonds. The van der Waals surface area contributed by atoms with Gasteiger partial charge in [0, 0.05) is 0 Å². The number of rotatable bonds is 0. The normalized spacial score (nSPS) is 9.46. The van der Waals surface area contributed by atoms with Crippen molar-refractivity contribution >= 4 is 77.7 Å². The topological polar surface area (TPSA) is 90.7 Å². The first-order valence-electron chi connectivity index (χ1n) is 6.62. The van der Waals surface area contributed by atoms with Crippen molar-refractivity contribution in [1.82, 2.24) is 15.0 Å². The number of halogens is 6. The third-order valence-electron chi connectivity index (χ3n) is 2.33. The second-order valence-electron chi connectivity index (χ2n) is 4.30. The lowest BCUT2D eigenvalue weighted by Crippen LogP contribution is -1.92. The average Bonchev–Trinajstić information content (AvgIpc) is 2.56. The van der Waals surface area contributed by atoms with Gasteiger partial charge in [0.1, 0.15) is 20.5 Å². The van der Waals surface area contributed by atoms with E-state index in [0.29, 0.717) is 23.6 Å². The summed E-state index contributed by atoms with van der Waals surface area (Å²) in [7, 11) is 0. The summed E-state index contributed by atoms with van der Waals surface area (Å²) in [6.07, 6.45) is 0. The Kier molecular flexibility index (Phi) is 10.2. The highest BCUT2D eigenvalue weighted by molar-refractivity contribution is 14.1. The van der Waals surface area contributed by atoms with Crippen molar-refractivity contribution in [2.24, 2.45) is 0 Å². The summed E-state index contributed by atoms with van der Waals surface area (Å²) in [5.41, 5.74) is 10.4. The summed E-state index contributed by atoms with van der Waals surface area (Å²) >= 11 is 13.3. The number of nitrogens with two attached hydrogens (primary N) is 2. The minimum atomic E-state index is -0.574. The van der Waals surface area contributed by atoms with Gasteiger partial charge < -0.3 is 11.5 Å². The van der Waals surface area contributed by atoms with E-state index in [9.17, 15) is 8.78 Å². The van der Waals surface area contributed by atoms with Gasteiger partial charge in [0.15, 0.2) is 0 Å². The van der Waals surface area contributed by atoms with Crippen molar-refractivity contribution in [1.29, 1.82) is 0 Å². The lowest BCUT2D eigenvalue weighted by atomic mass is 10.5. The van der Waals surface area contributed by atoms with E-state index in [-0.39, 0.29) is 5.82 Å². The zero-order chi connectivity index (χ0) is 19.7. The van der Waals surface area contributed by atoms with Gasteiger partial charge >= 0.3 is 0 Å². The fourth-order valence-electron chi connectivity index (χ4n) is 1.25. The number of hydrogen-bond acceptors (Lipinski definition) is 5. The Hall–Kier alpha value is -1.11. The smallest absolute Gasteiger partial charge is 0.229 e. The van der Waals surface area contributed by atoms with Crippen LogP contribution < -0.4 is 11.5 Å². The standard InChI is InChI=1S/C5H2BrFIN.C5H4BrFN2.C5H5ClN2/c2*6-3-1-2-4(8)9-5(3)7;6-4-2-1-3-5(7)8-4/h1-2H;1-2H,(H2,8,9);1-3H,(H2,7,8). The summed E-state index contributed by atoms with van der Waals surface area (Å²) in [6.45, 7) is 0. The molecule has 3 rings (SSSR count). The third-order valence-corrected chi connectivity index (χ3v) is 4.32. The summed E-state index contributed by atoms with van der Waals surface area (Å²) in [5, 5.41) is 0.435.